The van der Waals surface area contributed by atoms with Gasteiger partial charge in [0, 0.05) is 43.4 Å². The van der Waals surface area contributed by atoms with E-state index in [1.807, 2.05) is 89.5 Å². The fraction of sp³-hybridized carbons (Fsp3) is 0. The van der Waals surface area contributed by atoms with Gasteiger partial charge in [0.25, 0.3) is 0 Å². The van der Waals surface area contributed by atoms with Crippen LogP contribution in [-0.2, 0) is 0 Å². The first-order chi connectivity index (χ1) is 27.8. The molecule has 0 N–H and O–H groups in total. The molecule has 0 saturated carbocycles. The van der Waals surface area contributed by atoms with Crippen molar-refractivity contribution in [3.8, 4) is 39.9 Å². The third kappa shape index (κ3) is 4.20. The first-order valence-corrected chi connectivity index (χ1v) is 16.5. The largest absolute Gasteiger partial charge is 0.456 e. The number of benzene rings is 7. The molecule has 0 aliphatic carbocycles. The molecule has 0 atom stereocenters. The Labute approximate surface area is 299 Å². The van der Waals surface area contributed by atoms with Crippen LogP contribution in [0.1, 0.15) is 8.22 Å². The van der Waals surface area contributed by atoms with E-state index in [0.29, 0.717) is 22.3 Å². The molecule has 0 saturated heterocycles. The fourth-order valence-electron chi connectivity index (χ4n) is 7.11. The Kier molecular flexibility index (Phi) is 4.74. The number of fused-ring (bicyclic) bond motifs is 10. The van der Waals surface area contributed by atoms with Gasteiger partial charge < -0.3 is 8.83 Å². The standard InChI is InChI=1S/C45H26N4O2/c1-3-12-27(13-4-1)30-18-11-21-38-40(30)35-23-22-29(26-39(35)50-38)44-46-43(28-14-5-2-6-15-28)47-45(48-44)49-36-19-9-7-16-31(36)33-24-25-34-32-17-8-10-20-37(32)51-42(34)41(33)49/h1-26H/i11D,18D,21D,22D,23D,26D. The van der Waals surface area contributed by atoms with Gasteiger partial charge in [-0.3, -0.25) is 4.57 Å². The highest BCUT2D eigenvalue weighted by molar-refractivity contribution is 6.21. The number of hydrogen-bond donors (Lipinski definition) is 0. The van der Waals surface area contributed by atoms with Crippen LogP contribution in [0.25, 0.3) is 106 Å². The molecule has 4 aromatic heterocycles. The second kappa shape index (κ2) is 10.7. The molecule has 238 valence electrons. The number of para-hydroxylation sites is 2. The Balaban J connectivity index is 1.25. The van der Waals surface area contributed by atoms with Gasteiger partial charge in [-0.05, 0) is 47.5 Å². The molecule has 11 aromatic rings. The second-order valence-electron chi connectivity index (χ2n) is 12.3. The molecule has 0 radical (unpaired) electrons. The van der Waals surface area contributed by atoms with E-state index in [4.69, 9.17) is 27.9 Å². The topological polar surface area (TPSA) is 69.9 Å². The quantitative estimate of drug-likeness (QED) is 0.188. The number of nitrogens with zero attached hydrogens (tertiary/aromatic N) is 4. The number of hydrogen-bond acceptors (Lipinski definition) is 5. The zero-order valence-electron chi connectivity index (χ0n) is 32.7. The Morgan fingerprint density at radius 1 is 0.490 bits per heavy atom. The summed E-state index contributed by atoms with van der Waals surface area (Å²) in [5.74, 6) is 0.473. The van der Waals surface area contributed by atoms with E-state index in [-0.39, 0.29) is 81.4 Å². The number of aromatic nitrogens is 4. The molecule has 6 nitrogen and oxygen atoms in total. The lowest BCUT2D eigenvalue weighted by Gasteiger charge is -2.11. The smallest absolute Gasteiger partial charge is 0.238 e. The molecular weight excluding hydrogens is 629 g/mol. The van der Waals surface area contributed by atoms with Crippen LogP contribution in [0.3, 0.4) is 0 Å². The van der Waals surface area contributed by atoms with Gasteiger partial charge in [-0.1, -0.05) is 121 Å². The molecule has 0 unspecified atom stereocenters. The first kappa shape index (κ1) is 22.6. The van der Waals surface area contributed by atoms with Crippen LogP contribution in [0.15, 0.2) is 166 Å². The van der Waals surface area contributed by atoms with E-state index in [9.17, 15) is 4.11 Å². The Morgan fingerprint density at radius 3 is 2.04 bits per heavy atom. The van der Waals surface area contributed by atoms with Gasteiger partial charge in [0.2, 0.25) is 5.95 Å². The minimum atomic E-state index is -0.343. The van der Waals surface area contributed by atoms with Gasteiger partial charge in [0.05, 0.1) is 13.7 Å². The minimum absolute atomic E-state index is 0.0239. The van der Waals surface area contributed by atoms with E-state index in [0.717, 1.165) is 38.2 Å². The van der Waals surface area contributed by atoms with Gasteiger partial charge in [0.15, 0.2) is 17.2 Å². The summed E-state index contributed by atoms with van der Waals surface area (Å²) in [7, 11) is 0. The average molecular weight is 661 g/mol. The summed E-state index contributed by atoms with van der Waals surface area (Å²) in [6, 6.07) is 36.5. The normalized spacial score (nSPS) is 13.6. The van der Waals surface area contributed by atoms with Gasteiger partial charge in [-0.15, -0.1) is 0 Å². The van der Waals surface area contributed by atoms with Crippen molar-refractivity contribution in [3.63, 3.8) is 0 Å². The average Bonchev–Trinajstić information content (AvgIpc) is 3.93. The molecule has 6 heteroatoms. The summed E-state index contributed by atoms with van der Waals surface area (Å²) < 4.78 is 69.4. The highest BCUT2D eigenvalue weighted by atomic mass is 16.3. The maximum absolute atomic E-state index is 9.58. The van der Waals surface area contributed by atoms with Crippen molar-refractivity contribution < 1.29 is 17.1 Å². The summed E-state index contributed by atoms with van der Waals surface area (Å²) in [4.78, 5) is 14.9. The molecule has 7 aromatic carbocycles. The maximum atomic E-state index is 9.58. The number of rotatable bonds is 4. The summed E-state index contributed by atoms with van der Waals surface area (Å²) in [6.07, 6.45) is 0. The highest BCUT2D eigenvalue weighted by Crippen LogP contribution is 2.41. The van der Waals surface area contributed by atoms with E-state index in [1.54, 1.807) is 24.3 Å². The summed E-state index contributed by atoms with van der Waals surface area (Å²) >= 11 is 0. The molecule has 0 aliphatic rings. The van der Waals surface area contributed by atoms with E-state index in [1.165, 1.54) is 0 Å². The van der Waals surface area contributed by atoms with E-state index in [2.05, 4.69) is 12.1 Å². The zero-order chi connectivity index (χ0) is 38.7. The SMILES string of the molecule is [2H]c1c([2H])c(-c2ccccc2)c2c(oc3c([2H])c(-c4nc(-c5ccccc5)nc(-n5c6ccccc6c6ccc7c8ccccc8oc7c65)n4)c([2H])c([2H])c32)c1[2H]. The summed E-state index contributed by atoms with van der Waals surface area (Å²) in [6.45, 7) is 0. The molecule has 0 amide bonds. The van der Waals surface area contributed by atoms with Crippen molar-refractivity contribution in [2.24, 2.45) is 0 Å². The lowest BCUT2D eigenvalue weighted by molar-refractivity contribution is 0.669. The molecule has 51 heavy (non-hydrogen) atoms. The van der Waals surface area contributed by atoms with Crippen molar-refractivity contribution in [3.05, 3.63) is 158 Å². The maximum Gasteiger partial charge on any atom is 0.238 e. The van der Waals surface area contributed by atoms with E-state index < -0.39 is 0 Å². The predicted octanol–water partition coefficient (Wildman–Crippen LogP) is 11.8. The number of furan rings is 2. The molecule has 0 aliphatic heterocycles. The molecule has 11 rings (SSSR count). The molecular formula is C45H26N4O2. The van der Waals surface area contributed by atoms with Crippen molar-refractivity contribution in [2.75, 3.05) is 0 Å². The van der Waals surface area contributed by atoms with Crippen LogP contribution in [0.2, 0.25) is 0 Å². The summed E-state index contributed by atoms with van der Waals surface area (Å²) in [5.41, 5.74) is 4.31. The predicted molar refractivity (Wildman–Crippen MR) is 205 cm³/mol. The summed E-state index contributed by atoms with van der Waals surface area (Å²) in [5, 5.41) is 4.10. The Morgan fingerprint density at radius 2 is 1.20 bits per heavy atom. The van der Waals surface area contributed by atoms with Gasteiger partial charge in [-0.25, -0.2) is 4.98 Å². The van der Waals surface area contributed by atoms with Crippen LogP contribution < -0.4 is 0 Å². The second-order valence-corrected chi connectivity index (χ2v) is 12.3. The molecule has 4 heterocycles. The van der Waals surface area contributed by atoms with Gasteiger partial charge >= 0.3 is 0 Å². The van der Waals surface area contributed by atoms with Gasteiger partial charge in [-0.2, -0.15) is 9.97 Å². The minimum Gasteiger partial charge on any atom is -0.456 e. The third-order valence-corrected chi connectivity index (χ3v) is 9.39. The van der Waals surface area contributed by atoms with Crippen molar-refractivity contribution in [2.45, 2.75) is 0 Å². The highest BCUT2D eigenvalue weighted by Gasteiger charge is 2.22. The van der Waals surface area contributed by atoms with Crippen LogP contribution in [0.4, 0.5) is 0 Å². The Hall–Kier alpha value is -7.05. The lowest BCUT2D eigenvalue weighted by atomic mass is 9.99. The van der Waals surface area contributed by atoms with Crippen LogP contribution in [0.5, 0.6) is 0 Å². The molecule has 0 fully saturated rings. The Bertz CT molecular complexity index is 3490. The van der Waals surface area contributed by atoms with Crippen molar-refractivity contribution in [1.82, 2.24) is 19.5 Å². The van der Waals surface area contributed by atoms with Crippen LogP contribution in [-0.4, -0.2) is 19.5 Å². The molecule has 0 bridgehead atoms. The fourth-order valence-corrected chi connectivity index (χ4v) is 7.11. The van der Waals surface area contributed by atoms with Crippen molar-refractivity contribution >= 4 is 65.7 Å². The lowest BCUT2D eigenvalue weighted by Crippen LogP contribution is -2.06. The van der Waals surface area contributed by atoms with Crippen molar-refractivity contribution in [1.29, 1.82) is 0 Å². The monoisotopic (exact) mass is 660 g/mol. The van der Waals surface area contributed by atoms with E-state index >= 15 is 0 Å². The van der Waals surface area contributed by atoms with Gasteiger partial charge in [0.1, 0.15) is 22.3 Å². The first-order valence-electron chi connectivity index (χ1n) is 19.5. The van der Waals surface area contributed by atoms with Crippen LogP contribution >= 0.6 is 0 Å². The zero-order valence-corrected chi connectivity index (χ0v) is 26.7. The molecule has 0 spiro atoms. The third-order valence-electron chi connectivity index (χ3n) is 9.39. The van der Waals surface area contributed by atoms with Crippen LogP contribution in [0, 0.1) is 0 Å².